The van der Waals surface area contributed by atoms with Gasteiger partial charge in [-0.25, -0.2) is 0 Å². The topological polar surface area (TPSA) is 9.23 Å². The smallest absolute Gasteiger partial charge is 0.0776 e. The summed E-state index contributed by atoms with van der Waals surface area (Å²) in [6, 6.07) is 1.43. The van der Waals surface area contributed by atoms with Gasteiger partial charge in [-0.1, -0.05) is 45.3 Å². The summed E-state index contributed by atoms with van der Waals surface area (Å²) in [6.45, 7) is 10.1. The highest BCUT2D eigenvalue weighted by atomic mass is 28.3. The lowest BCUT2D eigenvalue weighted by Gasteiger charge is -2.21. The van der Waals surface area contributed by atoms with Gasteiger partial charge in [-0.15, -0.1) is 0 Å². The van der Waals surface area contributed by atoms with Crippen molar-refractivity contribution in [3.8, 4) is 0 Å². The summed E-state index contributed by atoms with van der Waals surface area (Å²) in [7, 11) is -0.984. The molecule has 0 aromatic heterocycles. The van der Waals surface area contributed by atoms with E-state index in [2.05, 4.69) is 26.9 Å². The Morgan fingerprint density at radius 3 is 2.25 bits per heavy atom. The number of unbranched alkanes of at least 4 members (excludes halogenated alkanes) is 2. The van der Waals surface area contributed by atoms with Crippen LogP contribution in [0.1, 0.15) is 33.1 Å². The van der Waals surface area contributed by atoms with Crippen LogP contribution in [-0.2, 0) is 4.74 Å². The maximum absolute atomic E-state index is 5.49. The Hall–Kier alpha value is 0.177. The molecule has 0 amide bonds. The molecule has 0 N–H and O–H groups in total. The fourth-order valence-electron chi connectivity index (χ4n) is 1.30. The van der Waals surface area contributed by atoms with Gasteiger partial charge in [0.2, 0.25) is 0 Å². The highest BCUT2D eigenvalue weighted by molar-refractivity contribution is 6.77. The van der Waals surface area contributed by atoms with E-state index in [0.29, 0.717) is 0 Å². The Morgan fingerprint density at radius 2 is 1.75 bits per heavy atom. The average molecular weight is 188 g/mol. The van der Waals surface area contributed by atoms with Crippen molar-refractivity contribution in [1.82, 2.24) is 0 Å². The largest absolute Gasteiger partial charge is 0.385 e. The molecule has 0 rings (SSSR count). The van der Waals surface area contributed by atoms with Gasteiger partial charge >= 0.3 is 0 Å². The number of ether oxygens (including phenoxy) is 1. The number of hydrogen-bond donors (Lipinski definition) is 0. The van der Waals surface area contributed by atoms with Crippen LogP contribution in [0.25, 0.3) is 0 Å². The molecular formula is C10H24OSi. The minimum absolute atomic E-state index is 0.879. The number of rotatable bonds is 7. The zero-order chi connectivity index (χ0) is 9.45. The van der Waals surface area contributed by atoms with Gasteiger partial charge in [0, 0.05) is 12.8 Å². The fourth-order valence-corrected chi connectivity index (χ4v) is 3.41. The van der Waals surface area contributed by atoms with Crippen molar-refractivity contribution in [2.24, 2.45) is 0 Å². The molecule has 0 aliphatic carbocycles. The Kier molecular flexibility index (Phi) is 6.77. The maximum atomic E-state index is 5.49. The van der Waals surface area contributed by atoms with Gasteiger partial charge in [-0.3, -0.25) is 0 Å². The van der Waals surface area contributed by atoms with E-state index in [1.54, 1.807) is 0 Å². The summed E-state index contributed by atoms with van der Waals surface area (Å²) in [5, 5.41) is 0. The SMILES string of the molecule is CCCCC[Si](C)(C)COCC. The first-order chi connectivity index (χ1) is 5.62. The third-order valence-electron chi connectivity index (χ3n) is 2.15. The van der Waals surface area contributed by atoms with E-state index in [1.165, 1.54) is 25.3 Å². The molecule has 74 valence electrons. The summed E-state index contributed by atoms with van der Waals surface area (Å²) >= 11 is 0. The number of hydrogen-bond acceptors (Lipinski definition) is 1. The molecule has 2 heteroatoms. The lowest BCUT2D eigenvalue weighted by Crippen LogP contribution is -2.32. The molecule has 1 nitrogen and oxygen atoms in total. The zero-order valence-electron chi connectivity index (χ0n) is 9.15. The molecule has 12 heavy (non-hydrogen) atoms. The lowest BCUT2D eigenvalue weighted by molar-refractivity contribution is 0.188. The lowest BCUT2D eigenvalue weighted by atomic mass is 10.3. The monoisotopic (exact) mass is 188 g/mol. The summed E-state index contributed by atoms with van der Waals surface area (Å²) in [5.74, 6) is 0. The molecule has 0 fully saturated rings. The van der Waals surface area contributed by atoms with Crippen LogP contribution in [0.3, 0.4) is 0 Å². The predicted molar refractivity (Wildman–Crippen MR) is 58.3 cm³/mol. The summed E-state index contributed by atoms with van der Waals surface area (Å²) in [5.41, 5.74) is 0. The van der Waals surface area contributed by atoms with Gasteiger partial charge in [0.1, 0.15) is 0 Å². The van der Waals surface area contributed by atoms with Gasteiger partial charge in [-0.05, 0) is 6.92 Å². The molecule has 0 aromatic rings. The van der Waals surface area contributed by atoms with Crippen LogP contribution < -0.4 is 0 Å². The second kappa shape index (κ2) is 6.67. The summed E-state index contributed by atoms with van der Waals surface area (Å²) in [6.07, 6.45) is 5.18. The highest BCUT2D eigenvalue weighted by Crippen LogP contribution is 2.14. The molecule has 0 heterocycles. The molecule has 0 atom stereocenters. The van der Waals surface area contributed by atoms with Gasteiger partial charge in [0.05, 0.1) is 8.07 Å². The molecule has 0 saturated carbocycles. The van der Waals surface area contributed by atoms with Crippen molar-refractivity contribution < 1.29 is 4.74 Å². The highest BCUT2D eigenvalue weighted by Gasteiger charge is 2.19. The Morgan fingerprint density at radius 1 is 1.08 bits per heavy atom. The van der Waals surface area contributed by atoms with Crippen LogP contribution in [0.4, 0.5) is 0 Å². The van der Waals surface area contributed by atoms with Gasteiger partial charge < -0.3 is 4.74 Å². The van der Waals surface area contributed by atoms with E-state index in [1.807, 2.05) is 0 Å². The van der Waals surface area contributed by atoms with Crippen LogP contribution in [0.5, 0.6) is 0 Å². The maximum Gasteiger partial charge on any atom is 0.0776 e. The van der Waals surface area contributed by atoms with Gasteiger partial charge in [0.25, 0.3) is 0 Å². The molecule has 0 saturated heterocycles. The molecule has 0 aliphatic heterocycles. The van der Waals surface area contributed by atoms with Gasteiger partial charge in [0.15, 0.2) is 0 Å². The van der Waals surface area contributed by atoms with E-state index >= 15 is 0 Å². The quantitative estimate of drug-likeness (QED) is 0.439. The summed E-state index contributed by atoms with van der Waals surface area (Å²) in [4.78, 5) is 0. The molecule has 0 spiro atoms. The Balaban J connectivity index is 3.42. The van der Waals surface area contributed by atoms with Crippen molar-refractivity contribution in [2.75, 3.05) is 12.8 Å². The third kappa shape index (κ3) is 6.86. The van der Waals surface area contributed by atoms with Crippen molar-refractivity contribution in [2.45, 2.75) is 52.2 Å². The van der Waals surface area contributed by atoms with Crippen LogP contribution >= 0.6 is 0 Å². The fraction of sp³-hybridized carbons (Fsp3) is 1.00. The standard InChI is InChI=1S/C10H24OSi/c1-5-7-8-9-12(3,4)10-11-6-2/h5-10H2,1-4H3. The van der Waals surface area contributed by atoms with Crippen molar-refractivity contribution >= 4 is 8.07 Å². The van der Waals surface area contributed by atoms with Crippen LogP contribution in [0.2, 0.25) is 19.1 Å². The van der Waals surface area contributed by atoms with E-state index in [-0.39, 0.29) is 0 Å². The minimum Gasteiger partial charge on any atom is -0.385 e. The van der Waals surface area contributed by atoms with Crippen LogP contribution in [0, 0.1) is 0 Å². The Bertz CT molecular complexity index is 102. The second-order valence-corrected chi connectivity index (χ2v) is 9.38. The molecule has 0 radical (unpaired) electrons. The first-order valence-corrected chi connectivity index (χ1v) is 8.61. The van der Waals surface area contributed by atoms with E-state index < -0.39 is 8.07 Å². The van der Waals surface area contributed by atoms with Crippen LogP contribution in [0.15, 0.2) is 0 Å². The second-order valence-electron chi connectivity index (χ2n) is 4.26. The van der Waals surface area contributed by atoms with Crippen molar-refractivity contribution in [3.05, 3.63) is 0 Å². The van der Waals surface area contributed by atoms with Gasteiger partial charge in [-0.2, -0.15) is 0 Å². The first-order valence-electron chi connectivity index (χ1n) is 5.20. The normalized spacial score (nSPS) is 12.0. The van der Waals surface area contributed by atoms with Crippen molar-refractivity contribution in [1.29, 1.82) is 0 Å². The predicted octanol–water partition coefficient (Wildman–Crippen LogP) is 3.46. The Labute approximate surface area is 78.5 Å². The average Bonchev–Trinajstić information content (AvgIpc) is 2.01. The molecule has 0 unspecified atom stereocenters. The van der Waals surface area contributed by atoms with E-state index in [9.17, 15) is 0 Å². The molecule has 0 bridgehead atoms. The van der Waals surface area contributed by atoms with Crippen LogP contribution in [-0.4, -0.2) is 20.9 Å². The molecule has 0 aromatic carbocycles. The van der Waals surface area contributed by atoms with Crippen molar-refractivity contribution in [3.63, 3.8) is 0 Å². The molecule has 0 aliphatic rings. The van der Waals surface area contributed by atoms with E-state index in [0.717, 1.165) is 12.8 Å². The first kappa shape index (κ1) is 12.2. The minimum atomic E-state index is -0.984. The zero-order valence-corrected chi connectivity index (χ0v) is 10.2. The van der Waals surface area contributed by atoms with E-state index in [4.69, 9.17) is 4.74 Å². The molecular weight excluding hydrogens is 164 g/mol. The summed E-state index contributed by atoms with van der Waals surface area (Å²) < 4.78 is 5.49. The third-order valence-corrected chi connectivity index (χ3v) is 4.85.